The van der Waals surface area contributed by atoms with E-state index in [9.17, 15) is 4.79 Å². The number of carbonyl (C=O) groups is 1. The number of aryl methyl sites for hydroxylation is 2. The quantitative estimate of drug-likeness (QED) is 0.841. The van der Waals surface area contributed by atoms with E-state index in [1.807, 2.05) is 18.2 Å². The molecule has 0 fully saturated rings. The number of carbonyl (C=O) groups excluding carboxylic acids is 1. The van der Waals surface area contributed by atoms with E-state index in [1.165, 1.54) is 0 Å². The molecule has 0 bridgehead atoms. The highest BCUT2D eigenvalue weighted by Gasteiger charge is 2.15. The second kappa shape index (κ2) is 5.66. The summed E-state index contributed by atoms with van der Waals surface area (Å²) in [5.41, 5.74) is 3.24. The number of amides is 1. The molecule has 3 heteroatoms. The number of para-hydroxylation sites is 1. The smallest absolute Gasteiger partial charge is 0.252 e. The van der Waals surface area contributed by atoms with Crippen LogP contribution < -0.4 is 4.90 Å². The molecule has 1 amide bonds. The number of nitrogens with zero attached hydrogens (tertiary/aromatic N) is 1. The third-order valence-corrected chi connectivity index (χ3v) is 2.81. The van der Waals surface area contributed by atoms with Gasteiger partial charge in [-0.2, -0.15) is 0 Å². The lowest BCUT2D eigenvalue weighted by Crippen LogP contribution is -2.30. The maximum Gasteiger partial charge on any atom is 0.252 e. The minimum Gasteiger partial charge on any atom is -0.387 e. The molecule has 0 aliphatic carbocycles. The summed E-state index contributed by atoms with van der Waals surface area (Å²) in [5.74, 6) is -0.268. The van der Waals surface area contributed by atoms with Crippen LogP contribution in [0.2, 0.25) is 0 Å². The molecule has 3 nitrogen and oxygen atoms in total. The van der Waals surface area contributed by atoms with Crippen LogP contribution in [0.3, 0.4) is 0 Å². The van der Waals surface area contributed by atoms with Crippen molar-refractivity contribution < 1.29 is 9.90 Å². The molecule has 16 heavy (non-hydrogen) atoms. The molecule has 0 radical (unpaired) electrons. The molecule has 1 aromatic rings. The number of anilines is 1. The third kappa shape index (κ3) is 2.42. The van der Waals surface area contributed by atoms with Crippen LogP contribution >= 0.6 is 0 Å². The topological polar surface area (TPSA) is 40.5 Å². The second-order valence-corrected chi connectivity index (χ2v) is 3.74. The van der Waals surface area contributed by atoms with Gasteiger partial charge in [0.1, 0.15) is 6.61 Å². The van der Waals surface area contributed by atoms with Gasteiger partial charge in [0, 0.05) is 12.7 Å². The molecule has 88 valence electrons. The third-order valence-electron chi connectivity index (χ3n) is 2.81. The monoisotopic (exact) mass is 221 g/mol. The Balaban J connectivity index is 3.22. The molecule has 0 spiro atoms. The van der Waals surface area contributed by atoms with E-state index in [4.69, 9.17) is 5.11 Å². The summed E-state index contributed by atoms with van der Waals surface area (Å²) in [6, 6.07) is 6.06. The van der Waals surface area contributed by atoms with E-state index in [2.05, 4.69) is 13.8 Å². The maximum absolute atomic E-state index is 11.5. The molecule has 1 rings (SSSR count). The summed E-state index contributed by atoms with van der Waals surface area (Å²) < 4.78 is 0. The Morgan fingerprint density at radius 1 is 1.25 bits per heavy atom. The summed E-state index contributed by atoms with van der Waals surface area (Å²) in [5, 5.41) is 8.90. The van der Waals surface area contributed by atoms with Gasteiger partial charge in [-0.25, -0.2) is 0 Å². The summed E-state index contributed by atoms with van der Waals surface area (Å²) >= 11 is 0. The molecule has 0 aliphatic heterocycles. The lowest BCUT2D eigenvalue weighted by Gasteiger charge is -2.22. The highest BCUT2D eigenvalue weighted by atomic mass is 16.3. The van der Waals surface area contributed by atoms with E-state index in [0.29, 0.717) is 0 Å². The number of aliphatic hydroxyl groups is 1. The van der Waals surface area contributed by atoms with Gasteiger partial charge in [-0.3, -0.25) is 4.79 Å². The molecule has 0 saturated heterocycles. The minimum atomic E-state index is -0.447. The number of rotatable bonds is 4. The van der Waals surface area contributed by atoms with Gasteiger partial charge in [-0.1, -0.05) is 32.0 Å². The molecular formula is C13H19NO2. The first-order valence-electron chi connectivity index (χ1n) is 5.63. The fourth-order valence-corrected chi connectivity index (χ4v) is 1.88. The Labute approximate surface area is 96.7 Å². The fraction of sp³-hybridized carbons (Fsp3) is 0.462. The van der Waals surface area contributed by atoms with Gasteiger partial charge in [-0.15, -0.1) is 0 Å². The normalized spacial score (nSPS) is 10.2. The zero-order valence-corrected chi connectivity index (χ0v) is 10.2. The molecule has 0 aromatic heterocycles. The van der Waals surface area contributed by atoms with Gasteiger partial charge >= 0.3 is 0 Å². The van der Waals surface area contributed by atoms with E-state index >= 15 is 0 Å². The molecule has 0 heterocycles. The highest BCUT2D eigenvalue weighted by Crippen LogP contribution is 2.25. The van der Waals surface area contributed by atoms with Crippen LogP contribution in [0.25, 0.3) is 0 Å². The molecule has 0 saturated carbocycles. The number of aliphatic hydroxyl groups excluding tert-OH is 1. The Hall–Kier alpha value is -1.35. The average Bonchev–Trinajstić information content (AvgIpc) is 2.35. The Morgan fingerprint density at radius 3 is 2.12 bits per heavy atom. The molecular weight excluding hydrogens is 202 g/mol. The molecule has 1 N–H and O–H groups in total. The van der Waals surface area contributed by atoms with Crippen LogP contribution in [0.5, 0.6) is 0 Å². The molecule has 1 aromatic carbocycles. The first kappa shape index (κ1) is 12.7. The van der Waals surface area contributed by atoms with Crippen LogP contribution in [0.1, 0.15) is 25.0 Å². The first-order chi connectivity index (χ1) is 7.65. The summed E-state index contributed by atoms with van der Waals surface area (Å²) in [4.78, 5) is 13.1. The van der Waals surface area contributed by atoms with Crippen molar-refractivity contribution in [3.63, 3.8) is 0 Å². The SMILES string of the molecule is CCc1cccc(CC)c1N(C)C(=O)CO. The van der Waals surface area contributed by atoms with E-state index in [-0.39, 0.29) is 5.91 Å². The second-order valence-electron chi connectivity index (χ2n) is 3.74. The number of benzene rings is 1. The van der Waals surface area contributed by atoms with E-state index < -0.39 is 6.61 Å². The standard InChI is InChI=1S/C13H19NO2/c1-4-10-7-6-8-11(5-2)13(10)14(3)12(16)9-15/h6-8,15H,4-5,9H2,1-3H3. The lowest BCUT2D eigenvalue weighted by atomic mass is 10.0. The summed E-state index contributed by atoms with van der Waals surface area (Å²) in [6.07, 6.45) is 1.76. The van der Waals surface area contributed by atoms with Crippen molar-refractivity contribution >= 4 is 11.6 Å². The van der Waals surface area contributed by atoms with Crippen molar-refractivity contribution in [1.29, 1.82) is 0 Å². The number of hydrogen-bond donors (Lipinski definition) is 1. The Morgan fingerprint density at radius 2 is 1.75 bits per heavy atom. The van der Waals surface area contributed by atoms with Crippen molar-refractivity contribution in [3.05, 3.63) is 29.3 Å². The van der Waals surface area contributed by atoms with Crippen LogP contribution in [0.4, 0.5) is 5.69 Å². The van der Waals surface area contributed by atoms with Crippen molar-refractivity contribution in [3.8, 4) is 0 Å². The van der Waals surface area contributed by atoms with Crippen molar-refractivity contribution in [2.75, 3.05) is 18.6 Å². The van der Waals surface area contributed by atoms with Crippen LogP contribution in [0, 0.1) is 0 Å². The maximum atomic E-state index is 11.5. The predicted molar refractivity (Wildman–Crippen MR) is 65.7 cm³/mol. The van der Waals surface area contributed by atoms with E-state index in [1.54, 1.807) is 11.9 Å². The van der Waals surface area contributed by atoms with Gasteiger partial charge in [-0.05, 0) is 24.0 Å². The molecule has 0 atom stereocenters. The Bertz CT molecular complexity index is 352. The summed E-state index contributed by atoms with van der Waals surface area (Å²) in [7, 11) is 1.71. The van der Waals surface area contributed by atoms with Crippen molar-refractivity contribution in [2.45, 2.75) is 26.7 Å². The van der Waals surface area contributed by atoms with Gasteiger partial charge in [0.2, 0.25) is 0 Å². The molecule has 0 unspecified atom stereocenters. The number of hydrogen-bond acceptors (Lipinski definition) is 2. The zero-order valence-electron chi connectivity index (χ0n) is 10.2. The Kier molecular flexibility index (Phi) is 4.50. The fourth-order valence-electron chi connectivity index (χ4n) is 1.88. The minimum absolute atomic E-state index is 0.268. The predicted octanol–water partition coefficient (Wildman–Crippen LogP) is 1.77. The lowest BCUT2D eigenvalue weighted by molar-refractivity contribution is -0.120. The number of likely N-dealkylation sites (N-methyl/N-ethyl adjacent to an activating group) is 1. The van der Waals surface area contributed by atoms with Gasteiger partial charge in [0.05, 0.1) is 0 Å². The van der Waals surface area contributed by atoms with Gasteiger partial charge < -0.3 is 10.0 Å². The first-order valence-corrected chi connectivity index (χ1v) is 5.63. The van der Waals surface area contributed by atoms with Crippen LogP contribution in [0.15, 0.2) is 18.2 Å². The average molecular weight is 221 g/mol. The zero-order chi connectivity index (χ0) is 12.1. The van der Waals surface area contributed by atoms with Crippen molar-refractivity contribution in [1.82, 2.24) is 0 Å². The highest BCUT2D eigenvalue weighted by molar-refractivity contribution is 5.95. The van der Waals surface area contributed by atoms with Crippen molar-refractivity contribution in [2.24, 2.45) is 0 Å². The van der Waals surface area contributed by atoms with Gasteiger partial charge in [0.15, 0.2) is 0 Å². The molecule has 0 aliphatic rings. The summed E-state index contributed by atoms with van der Waals surface area (Å²) in [6.45, 7) is 3.68. The van der Waals surface area contributed by atoms with E-state index in [0.717, 1.165) is 29.7 Å². The largest absolute Gasteiger partial charge is 0.387 e. The van der Waals surface area contributed by atoms with Crippen LogP contribution in [-0.2, 0) is 17.6 Å². The van der Waals surface area contributed by atoms with Crippen LogP contribution in [-0.4, -0.2) is 24.7 Å². The van der Waals surface area contributed by atoms with Gasteiger partial charge in [0.25, 0.3) is 5.91 Å².